The van der Waals surface area contributed by atoms with E-state index in [0.29, 0.717) is 47.8 Å². The van der Waals surface area contributed by atoms with Crippen LogP contribution in [0, 0.1) is 5.82 Å². The maximum atomic E-state index is 13.7. The number of amides is 2. The molecular weight excluding hydrogens is 547 g/mol. The summed E-state index contributed by atoms with van der Waals surface area (Å²) in [6.45, 7) is 5.65. The van der Waals surface area contributed by atoms with E-state index < -0.39 is 35.4 Å². The largest absolute Gasteiger partial charge is 0.496 e. The second-order valence-corrected chi connectivity index (χ2v) is 10.3. The number of carbonyl (C=O) groups excluding carboxylic acids is 3. The van der Waals surface area contributed by atoms with Gasteiger partial charge in [-0.2, -0.15) is 5.10 Å². The van der Waals surface area contributed by atoms with Gasteiger partial charge in [-0.15, -0.1) is 0 Å². The molecule has 0 unspecified atom stereocenters. The molecule has 42 heavy (non-hydrogen) atoms. The fourth-order valence-electron chi connectivity index (χ4n) is 4.15. The molecule has 226 valence electrons. The molecule has 0 fully saturated rings. The van der Waals surface area contributed by atoms with Gasteiger partial charge < -0.3 is 29.6 Å². The van der Waals surface area contributed by atoms with Crippen molar-refractivity contribution in [1.29, 1.82) is 0 Å². The van der Waals surface area contributed by atoms with E-state index >= 15 is 0 Å². The number of hydrogen-bond acceptors (Lipinski definition) is 8. The number of unbranched alkanes of at least 4 members (excludes halogenated alkanes) is 1. The second kappa shape index (κ2) is 14.3. The molecule has 0 bridgehead atoms. The SMILES string of the molecule is COC(=O)[C@H](CCCCNC(=O)OC(C)(C)C)NC(=O)c1cc(-c2c(OC)cccc2OC)n(-c2ccc(F)cc2)n1. The Bertz CT molecular complexity index is 1360. The first-order valence-electron chi connectivity index (χ1n) is 13.4. The van der Waals surface area contributed by atoms with Crippen molar-refractivity contribution in [2.24, 2.45) is 0 Å². The summed E-state index contributed by atoms with van der Waals surface area (Å²) in [5.74, 6) is -0.724. The monoisotopic (exact) mass is 584 g/mol. The van der Waals surface area contributed by atoms with Gasteiger partial charge in [0.15, 0.2) is 5.69 Å². The van der Waals surface area contributed by atoms with Gasteiger partial charge in [0.2, 0.25) is 0 Å². The molecule has 3 aromatic rings. The molecule has 2 N–H and O–H groups in total. The van der Waals surface area contributed by atoms with Crippen LogP contribution in [0.25, 0.3) is 16.9 Å². The summed E-state index contributed by atoms with van der Waals surface area (Å²) >= 11 is 0. The Morgan fingerprint density at radius 1 is 0.976 bits per heavy atom. The van der Waals surface area contributed by atoms with Crippen LogP contribution in [-0.4, -0.2) is 67.3 Å². The zero-order valence-electron chi connectivity index (χ0n) is 24.7. The molecule has 0 saturated carbocycles. The molecule has 0 saturated heterocycles. The van der Waals surface area contributed by atoms with Gasteiger partial charge in [-0.3, -0.25) is 4.79 Å². The summed E-state index contributed by atoms with van der Waals surface area (Å²) in [6, 6.07) is 11.4. The number of methoxy groups -OCH3 is 3. The Balaban J connectivity index is 1.83. The van der Waals surface area contributed by atoms with Gasteiger partial charge in [0.05, 0.1) is 38.3 Å². The third-order valence-electron chi connectivity index (χ3n) is 6.08. The zero-order chi connectivity index (χ0) is 30.9. The van der Waals surface area contributed by atoms with Crippen LogP contribution in [0.15, 0.2) is 48.5 Å². The molecule has 0 radical (unpaired) electrons. The fourth-order valence-corrected chi connectivity index (χ4v) is 4.15. The van der Waals surface area contributed by atoms with Gasteiger partial charge in [-0.1, -0.05) is 6.07 Å². The van der Waals surface area contributed by atoms with Crippen LogP contribution in [0.2, 0.25) is 0 Å². The average molecular weight is 585 g/mol. The van der Waals surface area contributed by atoms with Gasteiger partial charge in [-0.05, 0) is 82.5 Å². The molecule has 2 amide bonds. The minimum Gasteiger partial charge on any atom is -0.496 e. The third kappa shape index (κ3) is 8.45. The molecule has 0 aliphatic rings. The first-order valence-corrected chi connectivity index (χ1v) is 13.4. The van der Waals surface area contributed by atoms with E-state index in [0.717, 1.165) is 0 Å². The topological polar surface area (TPSA) is 130 Å². The Morgan fingerprint density at radius 3 is 2.19 bits per heavy atom. The number of esters is 1. The first kappa shape index (κ1) is 31.9. The normalized spacial score (nSPS) is 11.8. The molecule has 1 atom stereocenters. The van der Waals surface area contributed by atoms with Gasteiger partial charge in [0.1, 0.15) is 29.0 Å². The number of rotatable bonds is 12. The predicted molar refractivity (Wildman–Crippen MR) is 153 cm³/mol. The Hall–Kier alpha value is -4.61. The van der Waals surface area contributed by atoms with Crippen LogP contribution in [0.3, 0.4) is 0 Å². The van der Waals surface area contributed by atoms with Crippen LogP contribution in [-0.2, 0) is 14.3 Å². The van der Waals surface area contributed by atoms with Crippen molar-refractivity contribution in [3.8, 4) is 28.4 Å². The number of hydrogen-bond donors (Lipinski definition) is 2. The highest BCUT2D eigenvalue weighted by molar-refractivity contribution is 5.96. The lowest BCUT2D eigenvalue weighted by molar-refractivity contribution is -0.143. The van der Waals surface area contributed by atoms with Crippen LogP contribution >= 0.6 is 0 Å². The molecule has 3 rings (SSSR count). The zero-order valence-corrected chi connectivity index (χ0v) is 24.7. The van der Waals surface area contributed by atoms with Crippen molar-refractivity contribution in [1.82, 2.24) is 20.4 Å². The molecule has 1 heterocycles. The quantitative estimate of drug-likeness (QED) is 0.232. The maximum Gasteiger partial charge on any atom is 0.407 e. The van der Waals surface area contributed by atoms with E-state index in [1.807, 2.05) is 0 Å². The van der Waals surface area contributed by atoms with Crippen LogP contribution in [0.1, 0.15) is 50.5 Å². The molecule has 0 aliphatic carbocycles. The van der Waals surface area contributed by atoms with E-state index in [9.17, 15) is 18.8 Å². The average Bonchev–Trinajstić information content (AvgIpc) is 3.40. The maximum absolute atomic E-state index is 13.7. The molecule has 2 aromatic carbocycles. The van der Waals surface area contributed by atoms with Gasteiger partial charge in [0.25, 0.3) is 5.91 Å². The molecule has 0 aliphatic heterocycles. The summed E-state index contributed by atoms with van der Waals surface area (Å²) in [5, 5.41) is 9.86. The van der Waals surface area contributed by atoms with Crippen molar-refractivity contribution in [3.63, 3.8) is 0 Å². The molecule has 1 aromatic heterocycles. The minimum atomic E-state index is -0.954. The van der Waals surface area contributed by atoms with Gasteiger partial charge in [-0.25, -0.2) is 18.7 Å². The lowest BCUT2D eigenvalue weighted by Crippen LogP contribution is -2.41. The van der Waals surface area contributed by atoms with Gasteiger partial charge >= 0.3 is 12.1 Å². The number of carbonyl (C=O) groups is 3. The number of alkyl carbamates (subject to hydrolysis) is 1. The van der Waals surface area contributed by atoms with E-state index in [-0.39, 0.29) is 12.1 Å². The van der Waals surface area contributed by atoms with E-state index in [2.05, 4.69) is 15.7 Å². The van der Waals surface area contributed by atoms with Crippen molar-refractivity contribution < 1.29 is 37.7 Å². The van der Waals surface area contributed by atoms with Crippen molar-refractivity contribution >= 4 is 18.0 Å². The molecule has 0 spiro atoms. The first-order chi connectivity index (χ1) is 20.0. The van der Waals surface area contributed by atoms with Crippen molar-refractivity contribution in [3.05, 3.63) is 60.0 Å². The van der Waals surface area contributed by atoms with Crippen molar-refractivity contribution in [2.45, 2.75) is 51.7 Å². The highest BCUT2D eigenvalue weighted by Crippen LogP contribution is 2.39. The number of halogens is 1. The van der Waals surface area contributed by atoms with E-state index in [4.69, 9.17) is 18.9 Å². The highest BCUT2D eigenvalue weighted by Gasteiger charge is 2.26. The number of ether oxygens (including phenoxy) is 4. The van der Waals surface area contributed by atoms with Crippen LogP contribution in [0.4, 0.5) is 9.18 Å². The van der Waals surface area contributed by atoms with Crippen molar-refractivity contribution in [2.75, 3.05) is 27.9 Å². The Kier molecular flexibility index (Phi) is 10.9. The summed E-state index contributed by atoms with van der Waals surface area (Å²) in [6.07, 6.45) is 0.781. The number of nitrogens with zero attached hydrogens (tertiary/aromatic N) is 2. The Morgan fingerprint density at radius 2 is 1.62 bits per heavy atom. The standard InChI is InChI=1S/C30H37FN4O7/c1-30(2,3)42-29(38)32-17-8-7-10-21(28(37)41-6)33-27(36)22-18-23(26-24(39-4)11-9-12-25(26)40-5)35(34-22)20-15-13-19(31)14-16-20/h9,11-16,18,21H,7-8,10,17H2,1-6H3,(H,32,38)(H,33,36)/t21-/m0/s1. The van der Waals surface area contributed by atoms with Crippen LogP contribution < -0.4 is 20.1 Å². The number of aromatic nitrogens is 2. The molecular formula is C30H37FN4O7. The van der Waals surface area contributed by atoms with E-state index in [1.54, 1.807) is 39.0 Å². The van der Waals surface area contributed by atoms with Gasteiger partial charge in [0, 0.05) is 6.54 Å². The molecule has 11 nitrogen and oxygen atoms in total. The number of nitrogens with one attached hydrogen (secondary N) is 2. The predicted octanol–water partition coefficient (Wildman–Crippen LogP) is 4.66. The number of benzene rings is 2. The minimum absolute atomic E-state index is 0.00257. The second-order valence-electron chi connectivity index (χ2n) is 10.3. The Labute approximate surface area is 244 Å². The third-order valence-corrected chi connectivity index (χ3v) is 6.08. The summed E-state index contributed by atoms with van der Waals surface area (Å²) in [5.41, 5.74) is 0.859. The van der Waals surface area contributed by atoms with E-state index in [1.165, 1.54) is 56.3 Å². The smallest absolute Gasteiger partial charge is 0.407 e. The van der Waals surface area contributed by atoms with Crippen LogP contribution in [0.5, 0.6) is 11.5 Å². The molecule has 12 heteroatoms. The highest BCUT2D eigenvalue weighted by atomic mass is 19.1. The lowest BCUT2D eigenvalue weighted by Gasteiger charge is -2.19. The summed E-state index contributed by atoms with van der Waals surface area (Å²) < 4.78 is 36.4. The lowest BCUT2D eigenvalue weighted by atomic mass is 10.1. The fraction of sp³-hybridized carbons (Fsp3) is 0.400. The summed E-state index contributed by atoms with van der Waals surface area (Å²) in [4.78, 5) is 37.7. The summed E-state index contributed by atoms with van der Waals surface area (Å²) in [7, 11) is 4.25.